The third-order valence-electron chi connectivity index (χ3n) is 3.03. The topological polar surface area (TPSA) is 63.2 Å². The molecule has 0 fully saturated rings. The van der Waals surface area contributed by atoms with Gasteiger partial charge in [-0.2, -0.15) is 0 Å². The van der Waals surface area contributed by atoms with Gasteiger partial charge in [0.05, 0.1) is 17.9 Å². The number of pyridine rings is 1. The van der Waals surface area contributed by atoms with E-state index >= 15 is 0 Å². The van der Waals surface area contributed by atoms with Crippen LogP contribution in [0, 0.1) is 6.92 Å². The SMILES string of the molecule is COCCNc1cncc(C(=O)Nc2ccccc2C)c1. The highest BCUT2D eigenvalue weighted by molar-refractivity contribution is 6.04. The molecule has 1 aromatic carbocycles. The van der Waals surface area contributed by atoms with Crippen molar-refractivity contribution >= 4 is 17.3 Å². The largest absolute Gasteiger partial charge is 0.383 e. The van der Waals surface area contributed by atoms with Gasteiger partial charge in [0.1, 0.15) is 0 Å². The average Bonchev–Trinajstić information content (AvgIpc) is 2.50. The number of hydrogen-bond acceptors (Lipinski definition) is 4. The van der Waals surface area contributed by atoms with E-state index in [0.29, 0.717) is 18.7 Å². The molecule has 1 aromatic heterocycles. The quantitative estimate of drug-likeness (QED) is 0.801. The minimum atomic E-state index is -0.174. The van der Waals surface area contributed by atoms with E-state index in [9.17, 15) is 4.79 Å². The molecule has 0 spiro atoms. The lowest BCUT2D eigenvalue weighted by molar-refractivity contribution is 0.102. The summed E-state index contributed by atoms with van der Waals surface area (Å²) in [4.78, 5) is 16.3. The molecule has 0 aliphatic heterocycles. The number of aromatic nitrogens is 1. The monoisotopic (exact) mass is 285 g/mol. The lowest BCUT2D eigenvalue weighted by Gasteiger charge is -2.09. The number of rotatable bonds is 6. The molecule has 5 heteroatoms. The summed E-state index contributed by atoms with van der Waals surface area (Å²) in [5.41, 5.74) is 3.14. The highest BCUT2D eigenvalue weighted by Gasteiger charge is 2.08. The predicted molar refractivity (Wildman–Crippen MR) is 83.7 cm³/mol. The summed E-state index contributed by atoms with van der Waals surface area (Å²) in [6.45, 7) is 3.22. The molecule has 0 aliphatic carbocycles. The molecular weight excluding hydrogens is 266 g/mol. The van der Waals surface area contributed by atoms with Gasteiger partial charge < -0.3 is 15.4 Å². The zero-order chi connectivity index (χ0) is 15.1. The standard InChI is InChI=1S/C16H19N3O2/c1-12-5-3-4-6-15(12)19-16(20)13-9-14(11-17-10-13)18-7-8-21-2/h3-6,9-11,18H,7-8H2,1-2H3,(H,19,20). The fraction of sp³-hybridized carbons (Fsp3) is 0.250. The number of nitrogens with zero attached hydrogens (tertiary/aromatic N) is 1. The molecule has 0 aliphatic rings. The summed E-state index contributed by atoms with van der Waals surface area (Å²) in [6, 6.07) is 9.44. The molecule has 5 nitrogen and oxygen atoms in total. The second-order valence-electron chi connectivity index (χ2n) is 4.65. The van der Waals surface area contributed by atoms with E-state index in [1.165, 1.54) is 0 Å². The van der Waals surface area contributed by atoms with Gasteiger partial charge in [0.15, 0.2) is 0 Å². The van der Waals surface area contributed by atoms with Gasteiger partial charge in [-0.3, -0.25) is 9.78 Å². The van der Waals surface area contributed by atoms with Gasteiger partial charge >= 0.3 is 0 Å². The van der Waals surface area contributed by atoms with Crippen LogP contribution in [0.25, 0.3) is 0 Å². The van der Waals surface area contributed by atoms with Crippen LogP contribution < -0.4 is 10.6 Å². The fourth-order valence-electron chi connectivity index (χ4n) is 1.87. The first-order chi connectivity index (χ1) is 10.2. The van der Waals surface area contributed by atoms with Crippen LogP contribution in [0.15, 0.2) is 42.7 Å². The Hall–Kier alpha value is -2.40. The molecule has 1 heterocycles. The summed E-state index contributed by atoms with van der Waals surface area (Å²) < 4.78 is 4.97. The van der Waals surface area contributed by atoms with Crippen molar-refractivity contribution in [2.75, 3.05) is 30.9 Å². The second-order valence-corrected chi connectivity index (χ2v) is 4.65. The summed E-state index contributed by atoms with van der Waals surface area (Å²) >= 11 is 0. The van der Waals surface area contributed by atoms with Crippen LogP contribution in [0.5, 0.6) is 0 Å². The van der Waals surface area contributed by atoms with Crippen molar-refractivity contribution in [2.45, 2.75) is 6.92 Å². The van der Waals surface area contributed by atoms with Crippen molar-refractivity contribution in [1.82, 2.24) is 4.98 Å². The van der Waals surface area contributed by atoms with E-state index in [1.54, 1.807) is 25.6 Å². The van der Waals surface area contributed by atoms with Crippen LogP contribution in [-0.2, 0) is 4.74 Å². The Morgan fingerprint density at radius 2 is 2.10 bits per heavy atom. The molecule has 0 atom stereocenters. The van der Waals surface area contributed by atoms with Gasteiger partial charge in [-0.15, -0.1) is 0 Å². The molecule has 21 heavy (non-hydrogen) atoms. The number of nitrogens with one attached hydrogen (secondary N) is 2. The smallest absolute Gasteiger partial charge is 0.257 e. The number of methoxy groups -OCH3 is 1. The molecule has 0 unspecified atom stereocenters. The molecule has 110 valence electrons. The zero-order valence-electron chi connectivity index (χ0n) is 12.2. The van der Waals surface area contributed by atoms with Crippen molar-refractivity contribution in [3.05, 3.63) is 53.9 Å². The Kier molecular flexibility index (Phi) is 5.29. The Balaban J connectivity index is 2.05. The van der Waals surface area contributed by atoms with E-state index in [0.717, 1.165) is 16.9 Å². The van der Waals surface area contributed by atoms with Crippen molar-refractivity contribution < 1.29 is 9.53 Å². The predicted octanol–water partition coefficient (Wildman–Crippen LogP) is 2.70. The number of carbonyl (C=O) groups is 1. The average molecular weight is 285 g/mol. The molecule has 0 bridgehead atoms. The van der Waals surface area contributed by atoms with Gasteiger partial charge in [0.2, 0.25) is 0 Å². The maximum atomic E-state index is 12.2. The van der Waals surface area contributed by atoms with E-state index < -0.39 is 0 Å². The van der Waals surface area contributed by atoms with Crippen LogP contribution in [0.2, 0.25) is 0 Å². The van der Waals surface area contributed by atoms with Crippen LogP contribution in [0.3, 0.4) is 0 Å². The molecule has 2 N–H and O–H groups in total. The first kappa shape index (κ1) is 15.0. The number of hydrogen-bond donors (Lipinski definition) is 2. The van der Waals surface area contributed by atoms with Crippen LogP contribution >= 0.6 is 0 Å². The molecule has 0 saturated carbocycles. The first-order valence-corrected chi connectivity index (χ1v) is 6.75. The minimum Gasteiger partial charge on any atom is -0.383 e. The van der Waals surface area contributed by atoms with Crippen molar-refractivity contribution in [3.8, 4) is 0 Å². The highest BCUT2D eigenvalue weighted by atomic mass is 16.5. The van der Waals surface area contributed by atoms with Gasteiger partial charge in [0.25, 0.3) is 5.91 Å². The van der Waals surface area contributed by atoms with Crippen LogP contribution in [0.4, 0.5) is 11.4 Å². The van der Waals surface area contributed by atoms with E-state index in [4.69, 9.17) is 4.74 Å². The molecule has 2 aromatic rings. The van der Waals surface area contributed by atoms with Gasteiger partial charge in [-0.05, 0) is 24.6 Å². The summed E-state index contributed by atoms with van der Waals surface area (Å²) in [5, 5.41) is 6.04. The Morgan fingerprint density at radius 3 is 2.86 bits per heavy atom. The summed E-state index contributed by atoms with van der Waals surface area (Å²) in [7, 11) is 1.64. The fourth-order valence-corrected chi connectivity index (χ4v) is 1.87. The number of para-hydroxylation sites is 1. The molecular formula is C16H19N3O2. The highest BCUT2D eigenvalue weighted by Crippen LogP contribution is 2.15. The number of anilines is 2. The number of carbonyl (C=O) groups excluding carboxylic acids is 1. The van der Waals surface area contributed by atoms with Crippen molar-refractivity contribution in [3.63, 3.8) is 0 Å². The normalized spacial score (nSPS) is 10.2. The number of amides is 1. The van der Waals surface area contributed by atoms with Crippen LogP contribution in [0.1, 0.15) is 15.9 Å². The Bertz CT molecular complexity index is 614. The first-order valence-electron chi connectivity index (χ1n) is 6.75. The summed E-state index contributed by atoms with van der Waals surface area (Å²) in [6.07, 6.45) is 3.23. The lowest BCUT2D eigenvalue weighted by Crippen LogP contribution is -2.14. The lowest BCUT2D eigenvalue weighted by atomic mass is 10.2. The number of aryl methyl sites for hydroxylation is 1. The second kappa shape index (κ2) is 7.40. The van der Waals surface area contributed by atoms with E-state index in [-0.39, 0.29) is 5.91 Å². The van der Waals surface area contributed by atoms with Gasteiger partial charge in [-0.1, -0.05) is 18.2 Å². The van der Waals surface area contributed by atoms with Crippen molar-refractivity contribution in [2.24, 2.45) is 0 Å². The Morgan fingerprint density at radius 1 is 1.29 bits per heavy atom. The molecule has 0 saturated heterocycles. The molecule has 2 rings (SSSR count). The zero-order valence-corrected chi connectivity index (χ0v) is 12.2. The molecule has 0 radical (unpaired) electrons. The van der Waals surface area contributed by atoms with E-state index in [1.807, 2.05) is 31.2 Å². The number of ether oxygens (including phenoxy) is 1. The van der Waals surface area contributed by atoms with Crippen molar-refractivity contribution in [1.29, 1.82) is 0 Å². The molecule has 1 amide bonds. The van der Waals surface area contributed by atoms with Gasteiger partial charge in [-0.25, -0.2) is 0 Å². The summed E-state index contributed by atoms with van der Waals surface area (Å²) in [5.74, 6) is -0.174. The third-order valence-corrected chi connectivity index (χ3v) is 3.03. The maximum absolute atomic E-state index is 12.2. The Labute approximate surface area is 124 Å². The number of benzene rings is 1. The van der Waals surface area contributed by atoms with Gasteiger partial charge in [0, 0.05) is 31.7 Å². The minimum absolute atomic E-state index is 0.174. The third kappa shape index (κ3) is 4.29. The van der Waals surface area contributed by atoms with E-state index in [2.05, 4.69) is 15.6 Å². The maximum Gasteiger partial charge on any atom is 0.257 e. The van der Waals surface area contributed by atoms with Crippen LogP contribution in [-0.4, -0.2) is 31.2 Å².